The number of nitro benzene ring substituents is 1. The van der Waals surface area contributed by atoms with Gasteiger partial charge in [-0.25, -0.2) is 5.06 Å². The topological polar surface area (TPSA) is 83.7 Å². The van der Waals surface area contributed by atoms with E-state index in [-0.39, 0.29) is 16.6 Å². The lowest BCUT2D eigenvalue weighted by Gasteiger charge is -2.09. The molecule has 0 saturated heterocycles. The Bertz CT molecular complexity index is 434. The molecule has 0 spiro atoms. The Balaban J connectivity index is 3.39. The van der Waals surface area contributed by atoms with Gasteiger partial charge in [0.2, 0.25) is 0 Å². The average molecular weight is 289 g/mol. The van der Waals surface area contributed by atoms with E-state index in [0.717, 1.165) is 7.05 Å². The molecular weight excluding hydrogens is 280 g/mol. The first-order valence-electron chi connectivity index (χ1n) is 4.28. The predicted molar refractivity (Wildman–Crippen MR) is 59.6 cm³/mol. The molecule has 1 aromatic rings. The van der Waals surface area contributed by atoms with E-state index >= 15 is 0 Å². The fraction of sp³-hybridized carbons (Fsp3) is 0.222. The van der Waals surface area contributed by atoms with E-state index in [1.807, 2.05) is 0 Å². The van der Waals surface area contributed by atoms with Gasteiger partial charge in [0.15, 0.2) is 0 Å². The van der Waals surface area contributed by atoms with Crippen molar-refractivity contribution in [1.82, 2.24) is 5.06 Å². The van der Waals surface area contributed by atoms with Crippen LogP contribution in [-0.4, -0.2) is 28.1 Å². The van der Waals surface area contributed by atoms with Crippen LogP contribution in [0.4, 0.5) is 5.69 Å². The standard InChI is InChI=1S/C9H9BrN2O4/c1-11(14)9(13)7-4-2-3-6(5-10)8(7)12(15)16/h2-4,14H,5H2,1H3. The lowest BCUT2D eigenvalue weighted by atomic mass is 10.1. The molecule has 0 atom stereocenters. The molecule has 86 valence electrons. The Morgan fingerprint density at radius 3 is 2.69 bits per heavy atom. The second-order valence-electron chi connectivity index (χ2n) is 3.03. The van der Waals surface area contributed by atoms with Gasteiger partial charge < -0.3 is 0 Å². The summed E-state index contributed by atoms with van der Waals surface area (Å²) in [5, 5.41) is 20.4. The van der Waals surface area contributed by atoms with E-state index in [4.69, 9.17) is 5.21 Å². The van der Waals surface area contributed by atoms with Gasteiger partial charge in [-0.2, -0.15) is 0 Å². The maximum Gasteiger partial charge on any atom is 0.286 e. The van der Waals surface area contributed by atoms with Gasteiger partial charge in [-0.15, -0.1) is 0 Å². The van der Waals surface area contributed by atoms with Crippen molar-refractivity contribution >= 4 is 27.5 Å². The van der Waals surface area contributed by atoms with Crippen molar-refractivity contribution in [2.45, 2.75) is 5.33 Å². The minimum absolute atomic E-state index is 0.132. The van der Waals surface area contributed by atoms with Crippen LogP contribution in [0.3, 0.4) is 0 Å². The van der Waals surface area contributed by atoms with Crippen LogP contribution in [0, 0.1) is 10.1 Å². The molecule has 6 nitrogen and oxygen atoms in total. The molecule has 0 saturated carbocycles. The predicted octanol–water partition coefficient (Wildman–Crippen LogP) is 1.95. The molecule has 0 aliphatic heterocycles. The zero-order chi connectivity index (χ0) is 12.3. The summed E-state index contributed by atoms with van der Waals surface area (Å²) in [5.74, 6) is -0.811. The summed E-state index contributed by atoms with van der Waals surface area (Å²) in [6, 6.07) is 4.38. The summed E-state index contributed by atoms with van der Waals surface area (Å²) in [6.07, 6.45) is 0. The van der Waals surface area contributed by atoms with Crippen molar-refractivity contribution in [2.75, 3.05) is 7.05 Å². The van der Waals surface area contributed by atoms with Crippen LogP contribution in [-0.2, 0) is 5.33 Å². The van der Waals surface area contributed by atoms with E-state index in [1.54, 1.807) is 6.07 Å². The molecule has 1 N–H and O–H groups in total. The highest BCUT2D eigenvalue weighted by molar-refractivity contribution is 9.08. The maximum atomic E-state index is 11.5. The molecule has 0 fully saturated rings. The number of hydroxylamine groups is 2. The fourth-order valence-electron chi connectivity index (χ4n) is 1.26. The molecule has 0 aromatic heterocycles. The zero-order valence-corrected chi connectivity index (χ0v) is 9.97. The van der Waals surface area contributed by atoms with Crippen molar-refractivity contribution < 1.29 is 14.9 Å². The maximum absolute atomic E-state index is 11.5. The van der Waals surface area contributed by atoms with Crippen LogP contribution in [0.25, 0.3) is 0 Å². The summed E-state index contributed by atoms with van der Waals surface area (Å²) in [4.78, 5) is 21.7. The normalized spacial score (nSPS) is 9.94. The lowest BCUT2D eigenvalue weighted by Crippen LogP contribution is -2.23. The molecule has 0 heterocycles. The molecule has 0 unspecified atom stereocenters. The zero-order valence-electron chi connectivity index (χ0n) is 8.38. The number of amides is 1. The highest BCUT2D eigenvalue weighted by atomic mass is 79.9. The number of carbonyl (C=O) groups excluding carboxylic acids is 1. The Labute approximate surface area is 99.7 Å². The van der Waals surface area contributed by atoms with E-state index in [1.165, 1.54) is 12.1 Å². The van der Waals surface area contributed by atoms with E-state index in [2.05, 4.69) is 15.9 Å². The number of benzene rings is 1. The number of hydrogen-bond acceptors (Lipinski definition) is 4. The highest BCUT2D eigenvalue weighted by Gasteiger charge is 2.25. The number of para-hydroxylation sites is 1. The van der Waals surface area contributed by atoms with Gasteiger partial charge in [0.25, 0.3) is 11.6 Å². The lowest BCUT2D eigenvalue weighted by molar-refractivity contribution is -0.385. The van der Waals surface area contributed by atoms with Crippen molar-refractivity contribution in [3.05, 3.63) is 39.4 Å². The van der Waals surface area contributed by atoms with Gasteiger partial charge in [0.1, 0.15) is 5.56 Å². The molecule has 0 bridgehead atoms. The largest absolute Gasteiger partial charge is 0.286 e. The van der Waals surface area contributed by atoms with Gasteiger partial charge >= 0.3 is 0 Å². The summed E-state index contributed by atoms with van der Waals surface area (Å²) in [5.41, 5.74) is -0.0325. The summed E-state index contributed by atoms with van der Waals surface area (Å²) >= 11 is 3.11. The molecule has 1 aromatic carbocycles. The second-order valence-corrected chi connectivity index (χ2v) is 3.59. The van der Waals surface area contributed by atoms with Gasteiger partial charge in [-0.05, 0) is 6.07 Å². The Morgan fingerprint density at radius 2 is 2.25 bits per heavy atom. The van der Waals surface area contributed by atoms with Gasteiger partial charge in [0.05, 0.1) is 4.92 Å². The summed E-state index contributed by atoms with van der Waals surface area (Å²) in [7, 11) is 1.12. The fourth-order valence-corrected chi connectivity index (χ4v) is 1.71. The number of nitro groups is 1. The van der Waals surface area contributed by atoms with Crippen LogP contribution in [0.2, 0.25) is 0 Å². The summed E-state index contributed by atoms with van der Waals surface area (Å²) in [6.45, 7) is 0. The smallest absolute Gasteiger partial charge is 0.286 e. The third-order valence-electron chi connectivity index (χ3n) is 1.97. The van der Waals surface area contributed by atoms with Gasteiger partial charge in [-0.1, -0.05) is 28.1 Å². The van der Waals surface area contributed by atoms with E-state index < -0.39 is 10.8 Å². The SMILES string of the molecule is CN(O)C(=O)c1cccc(CBr)c1[N+](=O)[O-]. The first-order valence-corrected chi connectivity index (χ1v) is 5.40. The van der Waals surface area contributed by atoms with Crippen LogP contribution in [0.5, 0.6) is 0 Å². The first kappa shape index (κ1) is 12.6. The van der Waals surface area contributed by atoms with E-state index in [0.29, 0.717) is 10.6 Å². The van der Waals surface area contributed by atoms with Crippen molar-refractivity contribution in [2.24, 2.45) is 0 Å². The molecule has 0 aliphatic rings. The molecule has 0 radical (unpaired) electrons. The van der Waals surface area contributed by atoms with Crippen molar-refractivity contribution in [3.63, 3.8) is 0 Å². The Kier molecular flexibility index (Phi) is 3.97. The first-order chi connectivity index (χ1) is 7.49. The quantitative estimate of drug-likeness (QED) is 0.399. The van der Waals surface area contributed by atoms with E-state index in [9.17, 15) is 14.9 Å². The average Bonchev–Trinajstić information content (AvgIpc) is 2.26. The van der Waals surface area contributed by atoms with Crippen LogP contribution < -0.4 is 0 Å². The third kappa shape index (κ3) is 2.37. The second kappa shape index (κ2) is 5.04. The number of halogens is 1. The van der Waals surface area contributed by atoms with Crippen LogP contribution in [0.15, 0.2) is 18.2 Å². The number of carbonyl (C=O) groups is 1. The number of rotatable bonds is 3. The number of alkyl halides is 1. The number of nitrogens with zero attached hydrogens (tertiary/aromatic N) is 2. The minimum Gasteiger partial charge on any atom is -0.286 e. The van der Waals surface area contributed by atoms with Crippen molar-refractivity contribution in [3.8, 4) is 0 Å². The van der Waals surface area contributed by atoms with Crippen LogP contribution >= 0.6 is 15.9 Å². The Hall–Kier alpha value is -1.47. The molecule has 1 rings (SSSR count). The third-order valence-corrected chi connectivity index (χ3v) is 2.57. The van der Waals surface area contributed by atoms with Gasteiger partial charge in [-0.3, -0.25) is 20.1 Å². The molecule has 1 amide bonds. The number of hydrogen-bond donors (Lipinski definition) is 1. The van der Waals surface area contributed by atoms with Crippen molar-refractivity contribution in [1.29, 1.82) is 0 Å². The Morgan fingerprint density at radius 1 is 1.62 bits per heavy atom. The summed E-state index contributed by atoms with van der Waals surface area (Å²) < 4.78 is 0. The van der Waals surface area contributed by atoms with Gasteiger partial charge in [0, 0.05) is 17.9 Å². The van der Waals surface area contributed by atoms with Crippen LogP contribution in [0.1, 0.15) is 15.9 Å². The molecule has 16 heavy (non-hydrogen) atoms. The monoisotopic (exact) mass is 288 g/mol. The minimum atomic E-state index is -0.811. The molecular formula is C9H9BrN2O4. The highest BCUT2D eigenvalue weighted by Crippen LogP contribution is 2.26. The molecule has 7 heteroatoms. The molecule has 0 aliphatic carbocycles.